The predicted molar refractivity (Wildman–Crippen MR) is 80.2 cm³/mol. The fourth-order valence-corrected chi connectivity index (χ4v) is 3.68. The molecule has 2 rings (SSSR count). The molecule has 0 aromatic carbocycles. The number of rotatable bonds is 5. The van der Waals surface area contributed by atoms with E-state index in [-0.39, 0.29) is 0 Å². The third kappa shape index (κ3) is 3.93. The first-order valence-corrected chi connectivity index (χ1v) is 8.12. The Hall–Kier alpha value is -0.120. The van der Waals surface area contributed by atoms with E-state index in [2.05, 4.69) is 25.7 Å². The van der Waals surface area contributed by atoms with Gasteiger partial charge in [-0.25, -0.2) is 0 Å². The van der Waals surface area contributed by atoms with E-state index >= 15 is 0 Å². The molecule has 1 saturated heterocycles. The number of nitrogens with zero attached hydrogens (tertiary/aromatic N) is 1. The Morgan fingerprint density at radius 2 is 2.11 bits per heavy atom. The highest BCUT2D eigenvalue weighted by atomic mass is 16.5. The van der Waals surface area contributed by atoms with Gasteiger partial charge in [0.1, 0.15) is 0 Å². The lowest BCUT2D eigenvalue weighted by atomic mass is 9.85. The summed E-state index contributed by atoms with van der Waals surface area (Å²) in [6.45, 7) is 11.3. The molecule has 2 aliphatic rings. The van der Waals surface area contributed by atoms with E-state index in [1.165, 1.54) is 38.8 Å². The molecule has 0 aromatic heterocycles. The van der Waals surface area contributed by atoms with Gasteiger partial charge in [0, 0.05) is 25.7 Å². The molecule has 3 unspecified atom stereocenters. The van der Waals surface area contributed by atoms with Gasteiger partial charge in [0.25, 0.3) is 0 Å². The summed E-state index contributed by atoms with van der Waals surface area (Å²) in [5.74, 6) is 0.680. The van der Waals surface area contributed by atoms with Crippen LogP contribution in [0.5, 0.6) is 0 Å². The van der Waals surface area contributed by atoms with Crippen molar-refractivity contribution in [3.05, 3.63) is 0 Å². The number of hydrogen-bond donors (Lipinski definition) is 1. The molecule has 3 atom stereocenters. The molecule has 0 amide bonds. The number of piperidine rings is 1. The highest BCUT2D eigenvalue weighted by Crippen LogP contribution is 2.40. The summed E-state index contributed by atoms with van der Waals surface area (Å²) in [6, 6.07) is 0.365. The van der Waals surface area contributed by atoms with Crippen molar-refractivity contribution in [2.24, 2.45) is 17.1 Å². The quantitative estimate of drug-likeness (QED) is 0.833. The van der Waals surface area contributed by atoms with Crippen LogP contribution >= 0.6 is 0 Å². The Labute approximate surface area is 118 Å². The Kier molecular flexibility index (Phi) is 5.27. The van der Waals surface area contributed by atoms with Crippen LogP contribution in [0.15, 0.2) is 0 Å². The third-order valence-corrected chi connectivity index (χ3v) is 5.08. The summed E-state index contributed by atoms with van der Waals surface area (Å²) >= 11 is 0. The molecule has 19 heavy (non-hydrogen) atoms. The van der Waals surface area contributed by atoms with Crippen LogP contribution in [0.2, 0.25) is 0 Å². The van der Waals surface area contributed by atoms with Gasteiger partial charge in [-0.15, -0.1) is 0 Å². The minimum absolute atomic E-state index is 0.332. The van der Waals surface area contributed by atoms with Crippen molar-refractivity contribution in [1.82, 2.24) is 4.90 Å². The maximum absolute atomic E-state index is 6.43. The lowest BCUT2D eigenvalue weighted by molar-refractivity contribution is -0.00464. The maximum Gasteiger partial charge on any atom is 0.0702 e. The van der Waals surface area contributed by atoms with Gasteiger partial charge in [-0.05, 0) is 50.0 Å². The molecule has 2 N–H and O–H groups in total. The molecule has 2 fully saturated rings. The van der Waals surface area contributed by atoms with Crippen LogP contribution in [0.3, 0.4) is 0 Å². The van der Waals surface area contributed by atoms with Gasteiger partial charge < -0.3 is 15.4 Å². The second kappa shape index (κ2) is 6.55. The number of nitrogens with two attached hydrogens (primary N) is 1. The number of likely N-dealkylation sites (tertiary alicyclic amines) is 1. The van der Waals surface area contributed by atoms with Crippen LogP contribution in [-0.2, 0) is 4.74 Å². The summed E-state index contributed by atoms with van der Waals surface area (Å²) in [5, 5.41) is 0. The Morgan fingerprint density at radius 3 is 2.74 bits per heavy atom. The van der Waals surface area contributed by atoms with E-state index in [0.29, 0.717) is 23.5 Å². The topological polar surface area (TPSA) is 38.5 Å². The van der Waals surface area contributed by atoms with Gasteiger partial charge in [0.2, 0.25) is 0 Å². The Morgan fingerprint density at radius 1 is 1.32 bits per heavy atom. The summed E-state index contributed by atoms with van der Waals surface area (Å²) in [7, 11) is 0. The van der Waals surface area contributed by atoms with Crippen molar-refractivity contribution in [3.63, 3.8) is 0 Å². The standard InChI is InChI=1S/C16H32N2O/c1-4-10-19-14-6-5-9-18(12-14)11-13-7-8-16(2,3)15(13)17/h13-15H,4-12,17H2,1-3H3. The van der Waals surface area contributed by atoms with E-state index < -0.39 is 0 Å². The largest absolute Gasteiger partial charge is 0.377 e. The first-order chi connectivity index (χ1) is 9.03. The highest BCUT2D eigenvalue weighted by molar-refractivity contribution is 4.95. The van der Waals surface area contributed by atoms with Gasteiger partial charge in [0.05, 0.1) is 6.10 Å². The van der Waals surface area contributed by atoms with Gasteiger partial charge in [-0.2, -0.15) is 0 Å². The highest BCUT2D eigenvalue weighted by Gasteiger charge is 2.40. The molecule has 1 aliphatic heterocycles. The maximum atomic E-state index is 6.43. The van der Waals surface area contributed by atoms with Crippen LogP contribution in [0.1, 0.15) is 52.9 Å². The Balaban J connectivity index is 1.79. The number of hydrogen-bond acceptors (Lipinski definition) is 3. The molecule has 3 heteroatoms. The SMILES string of the molecule is CCCOC1CCCN(CC2CCC(C)(C)C2N)C1. The molecule has 0 radical (unpaired) electrons. The molecule has 3 nitrogen and oxygen atoms in total. The molecule has 112 valence electrons. The van der Waals surface area contributed by atoms with Crippen LogP contribution < -0.4 is 5.73 Å². The smallest absolute Gasteiger partial charge is 0.0702 e. The molecule has 0 bridgehead atoms. The monoisotopic (exact) mass is 268 g/mol. The summed E-state index contributed by atoms with van der Waals surface area (Å²) in [6.07, 6.45) is 6.67. The van der Waals surface area contributed by atoms with Crippen LogP contribution in [0.4, 0.5) is 0 Å². The molecule has 1 heterocycles. The summed E-state index contributed by atoms with van der Waals surface area (Å²) < 4.78 is 5.92. The molecule has 1 aliphatic carbocycles. The first kappa shape index (κ1) is 15.3. The van der Waals surface area contributed by atoms with E-state index in [1.54, 1.807) is 0 Å². The zero-order valence-electron chi connectivity index (χ0n) is 13.0. The molecule has 1 saturated carbocycles. The lowest BCUT2D eigenvalue weighted by Gasteiger charge is -2.36. The molecule has 0 spiro atoms. The van der Waals surface area contributed by atoms with Gasteiger partial charge in [0.15, 0.2) is 0 Å². The normalized spacial score (nSPS) is 35.7. The van der Waals surface area contributed by atoms with Crippen LogP contribution in [0, 0.1) is 11.3 Å². The summed E-state index contributed by atoms with van der Waals surface area (Å²) in [4.78, 5) is 2.59. The predicted octanol–water partition coefficient (Wildman–Crippen LogP) is 2.64. The van der Waals surface area contributed by atoms with Crippen molar-refractivity contribution in [3.8, 4) is 0 Å². The number of ether oxygens (including phenoxy) is 1. The fourth-order valence-electron chi connectivity index (χ4n) is 3.68. The van der Waals surface area contributed by atoms with Gasteiger partial charge >= 0.3 is 0 Å². The molecular formula is C16H32N2O. The summed E-state index contributed by atoms with van der Waals surface area (Å²) in [5.41, 5.74) is 6.76. The van der Waals surface area contributed by atoms with Crippen molar-refractivity contribution >= 4 is 0 Å². The Bertz CT molecular complexity index is 280. The van der Waals surface area contributed by atoms with Gasteiger partial charge in [-0.1, -0.05) is 20.8 Å². The second-order valence-corrected chi connectivity index (χ2v) is 7.21. The molecular weight excluding hydrogens is 236 g/mol. The zero-order valence-corrected chi connectivity index (χ0v) is 13.0. The van der Waals surface area contributed by atoms with Crippen molar-refractivity contribution < 1.29 is 4.74 Å². The second-order valence-electron chi connectivity index (χ2n) is 7.21. The average Bonchev–Trinajstić information content (AvgIpc) is 2.64. The van der Waals surface area contributed by atoms with Crippen molar-refractivity contribution in [2.45, 2.75) is 65.0 Å². The van der Waals surface area contributed by atoms with Gasteiger partial charge in [-0.3, -0.25) is 0 Å². The minimum atomic E-state index is 0.332. The van der Waals surface area contributed by atoms with Crippen LogP contribution in [-0.4, -0.2) is 43.3 Å². The van der Waals surface area contributed by atoms with E-state index in [1.807, 2.05) is 0 Å². The van der Waals surface area contributed by atoms with Crippen LogP contribution in [0.25, 0.3) is 0 Å². The zero-order chi connectivity index (χ0) is 13.9. The van der Waals surface area contributed by atoms with E-state index in [4.69, 9.17) is 10.5 Å². The minimum Gasteiger partial charge on any atom is -0.377 e. The van der Waals surface area contributed by atoms with E-state index in [9.17, 15) is 0 Å². The fraction of sp³-hybridized carbons (Fsp3) is 1.00. The van der Waals surface area contributed by atoms with E-state index in [0.717, 1.165) is 19.6 Å². The third-order valence-electron chi connectivity index (χ3n) is 5.08. The first-order valence-electron chi connectivity index (χ1n) is 8.12. The average molecular weight is 268 g/mol. The van der Waals surface area contributed by atoms with Crippen molar-refractivity contribution in [1.29, 1.82) is 0 Å². The molecule has 0 aromatic rings. The lowest BCUT2D eigenvalue weighted by Crippen LogP contribution is -2.46. The van der Waals surface area contributed by atoms with Crippen molar-refractivity contribution in [2.75, 3.05) is 26.2 Å².